The largest absolute Gasteiger partial charge is 0.281 e. The smallest absolute Gasteiger partial charge is 0.253 e. The zero-order chi connectivity index (χ0) is 23.0. The molecule has 3 aromatic heterocycles. The van der Waals surface area contributed by atoms with Gasteiger partial charge in [0.05, 0.1) is 22.5 Å². The van der Waals surface area contributed by atoms with Gasteiger partial charge in [-0.25, -0.2) is 13.4 Å². The van der Waals surface area contributed by atoms with Gasteiger partial charge in [0.1, 0.15) is 10.3 Å². The number of pyridine rings is 1. The average molecular weight is 499 g/mol. The van der Waals surface area contributed by atoms with E-state index in [1.165, 1.54) is 27.0 Å². The summed E-state index contributed by atoms with van der Waals surface area (Å²) in [4.78, 5) is 24.6. The Bertz CT molecular complexity index is 1390. The highest BCUT2D eigenvalue weighted by molar-refractivity contribution is 7.91. The molecule has 0 radical (unpaired) electrons. The molecule has 1 amide bonds. The van der Waals surface area contributed by atoms with Crippen LogP contribution in [0.2, 0.25) is 0 Å². The first-order valence-electron chi connectivity index (χ1n) is 10.6. The van der Waals surface area contributed by atoms with E-state index in [1.807, 2.05) is 43.3 Å². The number of carbonyl (C=O) groups excluding carboxylic acids is 1. The van der Waals surface area contributed by atoms with Crippen LogP contribution in [0.1, 0.15) is 24.1 Å². The molecule has 4 heterocycles. The fourth-order valence-electron chi connectivity index (χ4n) is 4.01. The number of hydrogen-bond donors (Lipinski definition) is 0. The summed E-state index contributed by atoms with van der Waals surface area (Å²) >= 11 is 2.60. The first-order chi connectivity index (χ1) is 15.9. The molecule has 10 heteroatoms. The molecule has 1 aromatic carbocycles. The van der Waals surface area contributed by atoms with E-state index in [0.717, 1.165) is 15.8 Å². The Kier molecular flexibility index (Phi) is 6.00. The minimum atomic E-state index is -3.74. The van der Waals surface area contributed by atoms with Gasteiger partial charge in [-0.05, 0) is 61.0 Å². The van der Waals surface area contributed by atoms with Crippen LogP contribution in [-0.2, 0) is 21.4 Å². The van der Waals surface area contributed by atoms with E-state index < -0.39 is 16.1 Å². The zero-order valence-corrected chi connectivity index (χ0v) is 20.4. The number of benzene rings is 1. The van der Waals surface area contributed by atoms with Gasteiger partial charge in [-0.2, -0.15) is 4.31 Å². The zero-order valence-electron chi connectivity index (χ0n) is 17.9. The maximum absolute atomic E-state index is 13.9. The van der Waals surface area contributed by atoms with Gasteiger partial charge in [0.2, 0.25) is 5.91 Å². The van der Waals surface area contributed by atoms with Crippen LogP contribution < -0.4 is 4.90 Å². The normalized spacial score (nSPS) is 16.9. The standard InChI is InChI=1S/C23H22N4O3S3/c1-16-9-10-18-20(14-16)32-23(25-18)26(15-17-6-2-3-11-24-17)22(28)19-7-4-12-27(19)33(29,30)21-8-5-13-31-21/h2-3,5-6,8-11,13-14,19H,4,7,12,15H2,1H3. The van der Waals surface area contributed by atoms with E-state index in [1.54, 1.807) is 28.6 Å². The number of fused-ring (bicyclic) bond motifs is 1. The predicted octanol–water partition coefficient (Wildman–Crippen LogP) is 4.45. The average Bonchev–Trinajstić information content (AvgIpc) is 3.58. The maximum Gasteiger partial charge on any atom is 0.253 e. The SMILES string of the molecule is Cc1ccc2nc(N(Cc3ccccn3)C(=O)C3CCCN3S(=O)(=O)c3cccs3)sc2c1. The summed E-state index contributed by atoms with van der Waals surface area (Å²) in [7, 11) is -3.74. The Labute approximate surface area is 200 Å². The number of thiazole rings is 1. The number of amides is 1. The van der Waals surface area contributed by atoms with Gasteiger partial charge in [0, 0.05) is 12.7 Å². The van der Waals surface area contributed by atoms with E-state index in [2.05, 4.69) is 4.98 Å². The summed E-state index contributed by atoms with van der Waals surface area (Å²) in [6.45, 7) is 2.57. The van der Waals surface area contributed by atoms with Crippen LogP contribution in [0.25, 0.3) is 10.2 Å². The van der Waals surface area contributed by atoms with Crippen LogP contribution in [0, 0.1) is 6.92 Å². The van der Waals surface area contributed by atoms with Crippen molar-refractivity contribution < 1.29 is 13.2 Å². The van der Waals surface area contributed by atoms with Crippen molar-refractivity contribution in [1.29, 1.82) is 0 Å². The number of hydrogen-bond acceptors (Lipinski definition) is 7. The second-order valence-corrected chi connectivity index (χ2v) is 12.0. The lowest BCUT2D eigenvalue weighted by Gasteiger charge is -2.28. The van der Waals surface area contributed by atoms with Gasteiger partial charge >= 0.3 is 0 Å². The third-order valence-electron chi connectivity index (χ3n) is 5.62. The molecule has 1 unspecified atom stereocenters. The van der Waals surface area contributed by atoms with Gasteiger partial charge in [0.25, 0.3) is 10.0 Å². The number of rotatable bonds is 6. The van der Waals surface area contributed by atoms with Crippen molar-refractivity contribution in [1.82, 2.24) is 14.3 Å². The summed E-state index contributed by atoms with van der Waals surface area (Å²) in [5.41, 5.74) is 2.64. The fourth-order valence-corrected chi connectivity index (χ4v) is 7.85. The van der Waals surface area contributed by atoms with Gasteiger partial charge < -0.3 is 0 Å². The van der Waals surface area contributed by atoms with Gasteiger partial charge in [0.15, 0.2) is 5.13 Å². The van der Waals surface area contributed by atoms with Crippen LogP contribution in [0.4, 0.5) is 5.13 Å². The summed E-state index contributed by atoms with van der Waals surface area (Å²) in [6, 6.07) is 14.0. The van der Waals surface area contributed by atoms with E-state index >= 15 is 0 Å². The number of carbonyl (C=O) groups is 1. The molecule has 5 rings (SSSR count). The Morgan fingerprint density at radius 1 is 1.21 bits per heavy atom. The summed E-state index contributed by atoms with van der Waals surface area (Å²) < 4.78 is 29.1. The first kappa shape index (κ1) is 22.1. The molecule has 1 aliphatic heterocycles. The number of sulfonamides is 1. The number of anilines is 1. The highest BCUT2D eigenvalue weighted by Crippen LogP contribution is 2.34. The van der Waals surface area contributed by atoms with Crippen LogP contribution in [-0.4, -0.2) is 41.2 Å². The molecule has 1 fully saturated rings. The minimum Gasteiger partial charge on any atom is -0.281 e. The quantitative estimate of drug-likeness (QED) is 0.392. The molecular weight excluding hydrogens is 476 g/mol. The molecule has 0 bridgehead atoms. The molecular formula is C23H22N4O3S3. The fraction of sp³-hybridized carbons (Fsp3) is 0.261. The van der Waals surface area contributed by atoms with Crippen molar-refractivity contribution in [2.45, 2.75) is 36.6 Å². The van der Waals surface area contributed by atoms with E-state index in [4.69, 9.17) is 4.98 Å². The third kappa shape index (κ3) is 4.31. The summed E-state index contributed by atoms with van der Waals surface area (Å²) in [5, 5.41) is 2.28. The number of aromatic nitrogens is 2. The minimum absolute atomic E-state index is 0.224. The second kappa shape index (κ2) is 8.94. The molecule has 1 saturated heterocycles. The molecule has 33 heavy (non-hydrogen) atoms. The molecule has 1 aliphatic rings. The summed E-state index contributed by atoms with van der Waals surface area (Å²) in [5.74, 6) is -0.269. The lowest BCUT2D eigenvalue weighted by molar-refractivity contribution is -0.121. The van der Waals surface area contributed by atoms with Crippen molar-refractivity contribution in [3.05, 3.63) is 71.4 Å². The van der Waals surface area contributed by atoms with Gasteiger partial charge in [-0.1, -0.05) is 29.5 Å². The van der Waals surface area contributed by atoms with Crippen LogP contribution >= 0.6 is 22.7 Å². The molecule has 170 valence electrons. The monoisotopic (exact) mass is 498 g/mol. The molecule has 0 N–H and O–H groups in total. The highest BCUT2D eigenvalue weighted by atomic mass is 32.2. The van der Waals surface area contributed by atoms with Crippen molar-refractivity contribution in [2.24, 2.45) is 0 Å². The van der Waals surface area contributed by atoms with E-state index in [-0.39, 0.29) is 16.7 Å². The highest BCUT2D eigenvalue weighted by Gasteiger charge is 2.42. The number of thiophene rings is 1. The Morgan fingerprint density at radius 2 is 2.09 bits per heavy atom. The third-order valence-corrected chi connectivity index (χ3v) is 9.94. The van der Waals surface area contributed by atoms with Crippen LogP contribution in [0.3, 0.4) is 0 Å². The van der Waals surface area contributed by atoms with Crippen molar-refractivity contribution in [2.75, 3.05) is 11.4 Å². The van der Waals surface area contributed by atoms with Crippen molar-refractivity contribution in [3.8, 4) is 0 Å². The number of aryl methyl sites for hydroxylation is 1. The van der Waals surface area contributed by atoms with Crippen LogP contribution in [0.5, 0.6) is 0 Å². The Hall–Kier alpha value is -2.66. The van der Waals surface area contributed by atoms with Crippen LogP contribution in [0.15, 0.2) is 64.3 Å². The van der Waals surface area contributed by atoms with Gasteiger partial charge in [-0.15, -0.1) is 11.3 Å². The Balaban J connectivity index is 1.53. The molecule has 0 aliphatic carbocycles. The van der Waals surface area contributed by atoms with Crippen molar-refractivity contribution in [3.63, 3.8) is 0 Å². The van der Waals surface area contributed by atoms with E-state index in [9.17, 15) is 13.2 Å². The maximum atomic E-state index is 13.9. The Morgan fingerprint density at radius 3 is 2.85 bits per heavy atom. The molecule has 7 nitrogen and oxygen atoms in total. The lowest BCUT2D eigenvalue weighted by Crippen LogP contribution is -2.47. The van der Waals surface area contributed by atoms with E-state index in [0.29, 0.717) is 30.2 Å². The van der Waals surface area contributed by atoms with Gasteiger partial charge in [-0.3, -0.25) is 14.7 Å². The van der Waals surface area contributed by atoms with Crippen molar-refractivity contribution >= 4 is 54.0 Å². The predicted molar refractivity (Wildman–Crippen MR) is 131 cm³/mol. The summed E-state index contributed by atoms with van der Waals surface area (Å²) in [6.07, 6.45) is 2.80. The molecule has 0 saturated carbocycles. The topological polar surface area (TPSA) is 83.5 Å². The molecule has 0 spiro atoms. The second-order valence-electron chi connectivity index (χ2n) is 7.92. The first-order valence-corrected chi connectivity index (χ1v) is 13.7. The lowest BCUT2D eigenvalue weighted by atomic mass is 10.2. The number of nitrogens with zero attached hydrogens (tertiary/aromatic N) is 4. The molecule has 1 atom stereocenters. The molecule has 4 aromatic rings.